The number of methoxy groups -OCH3 is 1. The molecular formula is C18H29F3IN3O. The van der Waals surface area contributed by atoms with Crippen LogP contribution in [0, 0.1) is 0 Å². The van der Waals surface area contributed by atoms with Gasteiger partial charge in [0.1, 0.15) is 0 Å². The van der Waals surface area contributed by atoms with Crippen LogP contribution in [0.4, 0.5) is 13.2 Å². The molecule has 0 spiro atoms. The molecule has 0 atom stereocenters. The Morgan fingerprint density at radius 3 is 2.35 bits per heavy atom. The Labute approximate surface area is 171 Å². The summed E-state index contributed by atoms with van der Waals surface area (Å²) < 4.78 is 42.9. The predicted molar refractivity (Wildman–Crippen MR) is 110 cm³/mol. The van der Waals surface area contributed by atoms with Crippen molar-refractivity contribution in [3.8, 4) is 0 Å². The summed E-state index contributed by atoms with van der Waals surface area (Å²) in [6.45, 7) is 4.69. The Bertz CT molecular complexity index is 521. The zero-order valence-corrected chi connectivity index (χ0v) is 17.9. The number of nitrogens with zero attached hydrogens (tertiary/aromatic N) is 2. The van der Waals surface area contributed by atoms with Crippen LogP contribution in [0.3, 0.4) is 0 Å². The normalized spacial score (nSPS) is 11.8. The van der Waals surface area contributed by atoms with Crippen LogP contribution in [0.2, 0.25) is 0 Å². The van der Waals surface area contributed by atoms with Gasteiger partial charge in [0.25, 0.3) is 0 Å². The molecule has 0 amide bonds. The molecule has 26 heavy (non-hydrogen) atoms. The maximum absolute atomic E-state index is 12.6. The van der Waals surface area contributed by atoms with Gasteiger partial charge in [-0.15, -0.1) is 24.0 Å². The maximum Gasteiger partial charge on any atom is 0.416 e. The number of guanidine groups is 1. The molecule has 0 aliphatic carbocycles. The van der Waals surface area contributed by atoms with Crippen molar-refractivity contribution in [1.29, 1.82) is 0 Å². The van der Waals surface area contributed by atoms with Crippen LogP contribution in [-0.4, -0.2) is 44.7 Å². The zero-order valence-electron chi connectivity index (χ0n) is 15.6. The highest BCUT2D eigenvalue weighted by Crippen LogP contribution is 2.29. The van der Waals surface area contributed by atoms with Gasteiger partial charge in [-0.3, -0.25) is 4.99 Å². The van der Waals surface area contributed by atoms with E-state index in [2.05, 4.69) is 10.3 Å². The lowest BCUT2D eigenvalue weighted by molar-refractivity contribution is -0.137. The second-order valence-electron chi connectivity index (χ2n) is 5.84. The Hall–Kier alpha value is -1.03. The van der Waals surface area contributed by atoms with Crippen molar-refractivity contribution >= 4 is 29.9 Å². The largest absolute Gasteiger partial charge is 0.416 e. The monoisotopic (exact) mass is 487 g/mol. The molecule has 1 aromatic carbocycles. The fourth-order valence-electron chi connectivity index (χ4n) is 2.34. The summed E-state index contributed by atoms with van der Waals surface area (Å²) in [6.07, 6.45) is -1.25. The van der Waals surface area contributed by atoms with Gasteiger partial charge >= 0.3 is 6.18 Å². The minimum absolute atomic E-state index is 0. The fourth-order valence-corrected chi connectivity index (χ4v) is 2.34. The number of aliphatic imine (C=N–C) groups is 1. The molecule has 0 radical (unpaired) electrons. The van der Waals surface area contributed by atoms with Crippen molar-refractivity contribution in [1.82, 2.24) is 10.2 Å². The Morgan fingerprint density at radius 1 is 1.15 bits per heavy atom. The van der Waals surface area contributed by atoms with Gasteiger partial charge in [-0.25, -0.2) is 0 Å². The van der Waals surface area contributed by atoms with Crippen molar-refractivity contribution in [3.63, 3.8) is 0 Å². The zero-order chi connectivity index (χ0) is 18.7. The van der Waals surface area contributed by atoms with Gasteiger partial charge in [0.15, 0.2) is 5.96 Å². The predicted octanol–water partition coefficient (Wildman–Crippen LogP) is 4.54. The number of hydrogen-bond acceptors (Lipinski definition) is 2. The van der Waals surface area contributed by atoms with Crippen LogP contribution in [-0.2, 0) is 17.5 Å². The third kappa shape index (κ3) is 9.61. The average molecular weight is 487 g/mol. The van der Waals surface area contributed by atoms with Crippen molar-refractivity contribution in [2.45, 2.75) is 38.9 Å². The van der Waals surface area contributed by atoms with Gasteiger partial charge in [-0.1, -0.05) is 12.1 Å². The smallest absolute Gasteiger partial charge is 0.385 e. The van der Waals surface area contributed by atoms with Crippen molar-refractivity contribution in [3.05, 3.63) is 35.4 Å². The molecular weight excluding hydrogens is 458 g/mol. The van der Waals surface area contributed by atoms with Crippen LogP contribution in [0.1, 0.15) is 37.3 Å². The molecule has 1 rings (SSSR count). The van der Waals surface area contributed by atoms with E-state index in [1.165, 1.54) is 12.1 Å². The highest BCUT2D eigenvalue weighted by atomic mass is 127. The minimum atomic E-state index is -4.30. The first kappa shape index (κ1) is 25.0. The number of alkyl halides is 3. The molecule has 0 aromatic heterocycles. The van der Waals surface area contributed by atoms with E-state index in [0.717, 1.165) is 56.1 Å². The summed E-state index contributed by atoms with van der Waals surface area (Å²) in [4.78, 5) is 6.49. The third-order valence-corrected chi connectivity index (χ3v) is 3.67. The Kier molecular flexibility index (Phi) is 12.7. The van der Waals surface area contributed by atoms with E-state index < -0.39 is 11.7 Å². The van der Waals surface area contributed by atoms with Crippen molar-refractivity contribution in [2.75, 3.05) is 33.9 Å². The molecule has 0 unspecified atom stereocenters. The van der Waals surface area contributed by atoms with E-state index in [1.54, 1.807) is 7.11 Å². The van der Waals surface area contributed by atoms with Gasteiger partial charge in [0.05, 0.1) is 5.56 Å². The molecule has 0 bridgehead atoms. The molecule has 0 fully saturated rings. The van der Waals surface area contributed by atoms with Crippen molar-refractivity contribution in [2.24, 2.45) is 4.99 Å². The second kappa shape index (κ2) is 13.2. The molecule has 0 heterocycles. The molecule has 8 heteroatoms. The summed E-state index contributed by atoms with van der Waals surface area (Å²) in [7, 11) is 3.57. The number of unbranched alkanes of at least 4 members (excludes halogenated alkanes) is 2. The summed E-state index contributed by atoms with van der Waals surface area (Å²) in [5.74, 6) is 0.758. The average Bonchev–Trinajstić information content (AvgIpc) is 2.56. The van der Waals surface area contributed by atoms with Crippen LogP contribution in [0.5, 0.6) is 0 Å². The lowest BCUT2D eigenvalue weighted by Gasteiger charge is -2.22. The lowest BCUT2D eigenvalue weighted by atomic mass is 10.1. The summed E-state index contributed by atoms with van der Waals surface area (Å²) >= 11 is 0. The molecule has 0 aliphatic heterocycles. The van der Waals surface area contributed by atoms with Gasteiger partial charge in [-0.2, -0.15) is 13.2 Å². The quantitative estimate of drug-likeness (QED) is 0.241. The topological polar surface area (TPSA) is 36.9 Å². The summed E-state index contributed by atoms with van der Waals surface area (Å²) in [5.41, 5.74) is 0.178. The second-order valence-corrected chi connectivity index (χ2v) is 5.84. The van der Waals surface area contributed by atoms with E-state index in [9.17, 15) is 13.2 Å². The number of rotatable bonds is 9. The standard InChI is InChI=1S/C18H28F3N3O.HI/c1-4-22-17(23-12-6-5-7-13-25-3)24(2)14-15-8-10-16(11-9-15)18(19,20)21;/h8-11H,4-7,12-14H2,1-3H3,(H,22,23);1H. The molecule has 150 valence electrons. The van der Waals surface area contributed by atoms with E-state index in [0.29, 0.717) is 13.1 Å². The van der Waals surface area contributed by atoms with Crippen LogP contribution in [0.15, 0.2) is 29.3 Å². The molecule has 4 nitrogen and oxygen atoms in total. The third-order valence-electron chi connectivity index (χ3n) is 3.67. The maximum atomic E-state index is 12.6. The molecule has 1 aromatic rings. The molecule has 0 aliphatic rings. The highest BCUT2D eigenvalue weighted by molar-refractivity contribution is 14.0. The number of ether oxygens (including phenoxy) is 1. The first-order valence-electron chi connectivity index (χ1n) is 8.53. The molecule has 1 N–H and O–H groups in total. The molecule has 0 saturated carbocycles. The van der Waals surface area contributed by atoms with E-state index in [-0.39, 0.29) is 24.0 Å². The summed E-state index contributed by atoms with van der Waals surface area (Å²) in [6, 6.07) is 5.24. The first-order chi connectivity index (χ1) is 11.9. The Balaban J connectivity index is 0.00000625. The van der Waals surface area contributed by atoms with Crippen LogP contribution >= 0.6 is 24.0 Å². The SMILES string of the molecule is CCNC(=NCCCCCOC)N(C)Cc1ccc(C(F)(F)F)cc1.I. The van der Waals surface area contributed by atoms with Gasteiger partial charge < -0.3 is 15.0 Å². The minimum Gasteiger partial charge on any atom is -0.385 e. The Morgan fingerprint density at radius 2 is 1.81 bits per heavy atom. The van der Waals surface area contributed by atoms with Gasteiger partial charge in [-0.05, 0) is 43.9 Å². The van der Waals surface area contributed by atoms with E-state index in [4.69, 9.17) is 4.74 Å². The van der Waals surface area contributed by atoms with Crippen LogP contribution in [0.25, 0.3) is 0 Å². The number of hydrogen-bond donors (Lipinski definition) is 1. The number of halogens is 4. The fraction of sp³-hybridized carbons (Fsp3) is 0.611. The van der Waals surface area contributed by atoms with Crippen LogP contribution < -0.4 is 5.32 Å². The highest BCUT2D eigenvalue weighted by Gasteiger charge is 2.29. The lowest BCUT2D eigenvalue weighted by Crippen LogP contribution is -2.38. The molecule has 0 saturated heterocycles. The van der Waals surface area contributed by atoms with Gasteiger partial charge in [0.2, 0.25) is 0 Å². The van der Waals surface area contributed by atoms with E-state index >= 15 is 0 Å². The first-order valence-corrected chi connectivity index (χ1v) is 8.53. The van der Waals surface area contributed by atoms with E-state index in [1.807, 2.05) is 18.9 Å². The van der Waals surface area contributed by atoms with Gasteiger partial charge in [0, 0.05) is 40.4 Å². The summed E-state index contributed by atoms with van der Waals surface area (Å²) in [5, 5.41) is 3.21. The van der Waals surface area contributed by atoms with Crippen molar-refractivity contribution < 1.29 is 17.9 Å². The number of nitrogens with one attached hydrogen (secondary N) is 1. The number of benzene rings is 1.